The van der Waals surface area contributed by atoms with Crippen LogP contribution in [-0.4, -0.2) is 66.9 Å². The average molecular weight is 870 g/mol. The number of aromatic nitrogens is 3. The number of benzene rings is 6. The second kappa shape index (κ2) is 16.2. The molecule has 11 nitrogen and oxygen atoms in total. The van der Waals surface area contributed by atoms with Crippen molar-refractivity contribution in [3.8, 4) is 11.5 Å². The lowest BCUT2D eigenvalue weighted by atomic mass is 9.82. The fourth-order valence-electron chi connectivity index (χ4n) is 10.9. The molecule has 1 fully saturated rings. The van der Waals surface area contributed by atoms with Gasteiger partial charge in [0.2, 0.25) is 0 Å². The summed E-state index contributed by atoms with van der Waals surface area (Å²) < 4.78 is 20.7. The van der Waals surface area contributed by atoms with Crippen LogP contribution >= 0.6 is 0 Å². The normalized spacial score (nSPS) is 20.7. The number of aliphatic hydroxyl groups excluding tert-OH is 1. The van der Waals surface area contributed by atoms with Gasteiger partial charge in [0.15, 0.2) is 5.60 Å². The van der Waals surface area contributed by atoms with E-state index in [2.05, 4.69) is 42.5 Å². The lowest BCUT2D eigenvalue weighted by Crippen LogP contribution is -2.51. The van der Waals surface area contributed by atoms with E-state index in [9.17, 15) is 9.90 Å². The van der Waals surface area contributed by atoms with Gasteiger partial charge in [-0.25, -0.2) is 0 Å². The summed E-state index contributed by atoms with van der Waals surface area (Å²) in [6.45, 7) is 7.61. The topological polar surface area (TPSA) is 119 Å². The van der Waals surface area contributed by atoms with Gasteiger partial charge < -0.3 is 24.2 Å². The van der Waals surface area contributed by atoms with E-state index in [-0.39, 0.29) is 48.4 Å². The molecule has 1 unspecified atom stereocenters. The quantitative estimate of drug-likeness (QED) is 0.114. The van der Waals surface area contributed by atoms with E-state index in [1.54, 1.807) is 19.1 Å². The van der Waals surface area contributed by atoms with Crippen LogP contribution in [0.15, 0.2) is 140 Å². The van der Waals surface area contributed by atoms with Gasteiger partial charge in [-0.3, -0.25) is 19.2 Å². The summed E-state index contributed by atoms with van der Waals surface area (Å²) in [7, 11) is 0.870. The summed E-state index contributed by atoms with van der Waals surface area (Å²) in [6.07, 6.45) is 2.16. The molecule has 5 atom stereocenters. The highest BCUT2D eigenvalue weighted by Crippen LogP contribution is 2.60. The molecule has 0 radical (unpaired) electrons. The largest absolute Gasteiger partial charge is 0.497 e. The van der Waals surface area contributed by atoms with Gasteiger partial charge in [-0.15, -0.1) is 5.10 Å². The Bertz CT molecular complexity index is 2900. The number of anilines is 3. The highest BCUT2D eigenvalue weighted by atomic mass is 28.3. The van der Waals surface area contributed by atoms with Crippen LogP contribution in [0.3, 0.4) is 0 Å². The first-order valence-electron chi connectivity index (χ1n) is 21.9. The smallest absolute Gasteiger partial charge is 0.264 e. The van der Waals surface area contributed by atoms with Crippen LogP contribution in [0.1, 0.15) is 52.0 Å². The van der Waals surface area contributed by atoms with E-state index in [1.165, 1.54) is 5.19 Å². The molecule has 3 aliphatic heterocycles. The molecule has 324 valence electrons. The highest BCUT2D eigenvalue weighted by Gasteiger charge is 2.66. The van der Waals surface area contributed by atoms with Gasteiger partial charge in [-0.1, -0.05) is 109 Å². The maximum absolute atomic E-state index is 15.7. The van der Waals surface area contributed by atoms with Gasteiger partial charge in [0.05, 0.1) is 70.1 Å². The van der Waals surface area contributed by atoms with E-state index in [0.717, 1.165) is 50.3 Å². The molecule has 2 amide bonds. The molecule has 6 aromatic carbocycles. The van der Waals surface area contributed by atoms with E-state index in [4.69, 9.17) is 14.2 Å². The Morgan fingerprint density at radius 2 is 1.56 bits per heavy atom. The van der Waals surface area contributed by atoms with Crippen LogP contribution in [0.2, 0.25) is 18.6 Å². The Labute approximate surface area is 373 Å². The van der Waals surface area contributed by atoms with Crippen molar-refractivity contribution in [2.75, 3.05) is 30.6 Å². The first-order valence-corrected chi connectivity index (χ1v) is 25.0. The van der Waals surface area contributed by atoms with Gasteiger partial charge in [-0.05, 0) is 83.1 Å². The minimum Gasteiger partial charge on any atom is -0.497 e. The summed E-state index contributed by atoms with van der Waals surface area (Å²) in [6, 6.07) is 43.8. The molecule has 12 heteroatoms. The number of rotatable bonds is 13. The third-order valence-corrected chi connectivity index (χ3v) is 18.4. The van der Waals surface area contributed by atoms with E-state index < -0.39 is 13.7 Å². The van der Waals surface area contributed by atoms with Gasteiger partial charge in [0.1, 0.15) is 11.5 Å². The zero-order chi connectivity index (χ0) is 44.3. The van der Waals surface area contributed by atoms with Gasteiger partial charge in [0.25, 0.3) is 11.8 Å². The maximum atomic E-state index is 15.7. The van der Waals surface area contributed by atoms with Gasteiger partial charge in [0, 0.05) is 35.3 Å². The number of nitrogens with zero attached hydrogens (tertiary/aromatic N) is 5. The predicted octanol–water partition coefficient (Wildman–Crippen LogP) is 8.72. The molecule has 64 heavy (non-hydrogen) atoms. The Balaban J connectivity index is 1.00. The summed E-state index contributed by atoms with van der Waals surface area (Å²) in [5.41, 5.74) is 5.07. The molecule has 0 bridgehead atoms. The number of ether oxygens (including phenoxy) is 3. The minimum absolute atomic E-state index is 0.00445. The number of fused-ring (bicyclic) bond motifs is 2. The lowest BCUT2D eigenvalue weighted by molar-refractivity contribution is -0.146. The molecule has 1 spiro atoms. The summed E-state index contributed by atoms with van der Waals surface area (Å²) in [4.78, 5) is 33.3. The monoisotopic (exact) mass is 869 g/mol. The Kier molecular flexibility index (Phi) is 10.5. The number of carbonyl (C=O) groups is 2. The molecule has 7 aromatic rings. The Hall–Kier alpha value is -6.60. The standard InChI is InChI=1S/C52H51N5O6Si/c1-33-49(64(4,5)40-23-20-38(61-2)21-24-40)47(26-27-55-31-44(53-54-55)42(32-58)35-13-7-6-8-14-35)63-52(33)43-29-39(62-3)22-25-45(43)56(51(52)60)30-34-12-9-17-37(28-34)57-46-19-11-16-36-15-10-18-41(48(36)46)50(57)59/h6-25,28-29,31,33,42,47,49,58H,26-27,30,32H2,1-5H3/t33-,42?,47+,49-,52+/m1/s1. The lowest BCUT2D eigenvalue weighted by Gasteiger charge is -2.37. The number of amides is 2. The van der Waals surface area contributed by atoms with Gasteiger partial charge in [-0.2, -0.15) is 0 Å². The van der Waals surface area contributed by atoms with E-state index in [0.29, 0.717) is 30.0 Å². The molecule has 3 aliphatic rings. The highest BCUT2D eigenvalue weighted by molar-refractivity contribution is 6.91. The van der Waals surface area contributed by atoms with Crippen molar-refractivity contribution < 1.29 is 28.9 Å². The molecule has 1 N–H and O–H groups in total. The van der Waals surface area contributed by atoms with Crippen molar-refractivity contribution in [3.63, 3.8) is 0 Å². The minimum atomic E-state index is -2.45. The SMILES string of the molecule is COc1ccc([Si](C)(C)[C@H]2[C@H](CCn3cc(C(CO)c4ccccc4)nn3)O[C@@]3(C(=O)N(Cc4cccc(N5C(=O)c6cccc7cccc5c67)c4)c4ccc(OC)cc43)[C@@H]2C)cc1. The summed E-state index contributed by atoms with van der Waals surface area (Å²) >= 11 is 0. The van der Waals surface area contributed by atoms with E-state index in [1.807, 2.05) is 137 Å². The number of aryl methyl sites for hydroxylation is 1. The summed E-state index contributed by atoms with van der Waals surface area (Å²) in [5.74, 6) is 0.708. The number of aliphatic hydroxyl groups is 1. The molecular weight excluding hydrogens is 819 g/mol. The zero-order valence-corrected chi connectivity index (χ0v) is 37.6. The molecule has 0 saturated carbocycles. The number of methoxy groups -OCH3 is 2. The molecule has 1 saturated heterocycles. The number of carbonyl (C=O) groups excluding carboxylic acids is 2. The van der Waals surface area contributed by atoms with Crippen LogP contribution < -0.4 is 24.5 Å². The van der Waals surface area contributed by atoms with Crippen LogP contribution in [0.5, 0.6) is 11.5 Å². The summed E-state index contributed by atoms with van der Waals surface area (Å²) in [5, 5.41) is 22.6. The molecule has 4 heterocycles. The first kappa shape index (κ1) is 41.4. The van der Waals surface area contributed by atoms with Crippen molar-refractivity contribution >= 4 is 52.9 Å². The third-order valence-electron chi connectivity index (χ3n) is 14.0. The first-order chi connectivity index (χ1) is 31.1. The fraction of sp³-hybridized carbons (Fsp3) is 0.269. The molecule has 1 aromatic heterocycles. The average Bonchev–Trinajstić information content (AvgIpc) is 4.05. The van der Waals surface area contributed by atoms with E-state index >= 15 is 4.79 Å². The van der Waals surface area contributed by atoms with Crippen LogP contribution in [0.4, 0.5) is 17.1 Å². The van der Waals surface area contributed by atoms with Crippen molar-refractivity contribution in [2.24, 2.45) is 5.92 Å². The fourth-order valence-corrected chi connectivity index (χ4v) is 15.0. The maximum Gasteiger partial charge on any atom is 0.264 e. The van der Waals surface area contributed by atoms with Crippen molar-refractivity contribution in [1.29, 1.82) is 0 Å². The van der Waals surface area contributed by atoms with Crippen molar-refractivity contribution in [1.82, 2.24) is 15.0 Å². The number of hydrogen-bond donors (Lipinski definition) is 1. The second-order valence-electron chi connectivity index (χ2n) is 17.8. The van der Waals surface area contributed by atoms with Crippen LogP contribution in [0.25, 0.3) is 10.8 Å². The molecular formula is C52H51N5O6Si. The molecule has 0 aliphatic carbocycles. The number of hydrogen-bond acceptors (Lipinski definition) is 8. The third kappa shape index (κ3) is 6.62. The second-order valence-corrected chi connectivity index (χ2v) is 22.5. The van der Waals surface area contributed by atoms with Crippen LogP contribution in [-0.2, 0) is 28.2 Å². The van der Waals surface area contributed by atoms with Crippen molar-refractivity contribution in [2.45, 2.75) is 62.7 Å². The Morgan fingerprint density at radius 1 is 0.828 bits per heavy atom. The van der Waals surface area contributed by atoms with Crippen LogP contribution in [0, 0.1) is 5.92 Å². The van der Waals surface area contributed by atoms with Crippen molar-refractivity contribution in [3.05, 3.63) is 168 Å². The Morgan fingerprint density at radius 3 is 2.31 bits per heavy atom. The predicted molar refractivity (Wildman–Crippen MR) is 251 cm³/mol. The molecule has 10 rings (SSSR count). The van der Waals surface area contributed by atoms with Gasteiger partial charge >= 0.3 is 0 Å². The zero-order valence-electron chi connectivity index (χ0n) is 36.6.